The molecule has 4 aromatic heterocycles. The van der Waals surface area contributed by atoms with Gasteiger partial charge >= 0.3 is 5.00 Å². The zero-order chi connectivity index (χ0) is 22.2. The lowest BCUT2D eigenvalue weighted by Gasteiger charge is -2.08. The average molecular weight is 467 g/mol. The minimum atomic E-state index is -0.558. The molecule has 13 heteroatoms. The molecule has 5 aromatic rings. The Labute approximate surface area is 186 Å². The van der Waals surface area contributed by atoms with Crippen molar-refractivity contribution in [2.75, 3.05) is 5.32 Å². The van der Waals surface area contributed by atoms with E-state index in [9.17, 15) is 19.3 Å². The molecular weight excluding hydrogens is 457 g/mol. The van der Waals surface area contributed by atoms with Crippen molar-refractivity contribution in [2.24, 2.45) is 0 Å². The van der Waals surface area contributed by atoms with Crippen LogP contribution in [-0.2, 0) is 0 Å². The number of carbonyl (C=O) groups is 1. The van der Waals surface area contributed by atoms with E-state index >= 15 is 0 Å². The number of anilines is 1. The summed E-state index contributed by atoms with van der Waals surface area (Å²) in [6.07, 6.45) is 1.48. The van der Waals surface area contributed by atoms with Crippen LogP contribution in [0.25, 0.3) is 28.2 Å². The minimum absolute atomic E-state index is 0.143. The Morgan fingerprint density at radius 1 is 1.16 bits per heavy atom. The van der Waals surface area contributed by atoms with Gasteiger partial charge in [0.25, 0.3) is 5.91 Å². The molecule has 158 valence electrons. The Kier molecular flexibility index (Phi) is 4.88. The van der Waals surface area contributed by atoms with Gasteiger partial charge in [-0.05, 0) is 30.3 Å². The van der Waals surface area contributed by atoms with E-state index in [1.165, 1.54) is 46.5 Å². The molecule has 5 rings (SSSR count). The second-order valence-corrected chi connectivity index (χ2v) is 8.17. The lowest BCUT2D eigenvalue weighted by molar-refractivity contribution is -0.380. The summed E-state index contributed by atoms with van der Waals surface area (Å²) in [5.41, 5.74) is 3.08. The monoisotopic (exact) mass is 467 g/mol. The summed E-state index contributed by atoms with van der Waals surface area (Å²) < 4.78 is 14.9. The van der Waals surface area contributed by atoms with E-state index in [-0.39, 0.29) is 27.3 Å². The number of fused-ring (bicyclic) bond motifs is 1. The third-order valence-corrected chi connectivity index (χ3v) is 6.01. The highest BCUT2D eigenvalue weighted by molar-refractivity contribution is 7.17. The number of rotatable bonds is 5. The highest BCUT2D eigenvalue weighted by atomic mass is 32.1. The van der Waals surface area contributed by atoms with Crippen molar-refractivity contribution in [1.82, 2.24) is 24.7 Å². The molecule has 4 heterocycles. The van der Waals surface area contributed by atoms with Gasteiger partial charge in [0.1, 0.15) is 17.3 Å². The molecule has 0 radical (unpaired) electrons. The number of nitrogens with zero attached hydrogens (tertiary/aromatic N) is 6. The number of halogens is 1. The summed E-state index contributed by atoms with van der Waals surface area (Å²) in [5, 5.41) is 20.0. The summed E-state index contributed by atoms with van der Waals surface area (Å²) in [6, 6.07) is 8.35. The van der Waals surface area contributed by atoms with Gasteiger partial charge in [0, 0.05) is 11.4 Å². The second kappa shape index (κ2) is 7.86. The molecule has 0 spiro atoms. The van der Waals surface area contributed by atoms with Crippen LogP contribution in [-0.4, -0.2) is 35.6 Å². The number of aromatic nitrogens is 5. The van der Waals surface area contributed by atoms with Crippen molar-refractivity contribution >= 4 is 50.4 Å². The van der Waals surface area contributed by atoms with Crippen molar-refractivity contribution in [2.45, 2.75) is 0 Å². The number of hydrogen-bond acceptors (Lipinski definition) is 9. The van der Waals surface area contributed by atoms with Crippen LogP contribution in [0.15, 0.2) is 53.5 Å². The molecule has 0 saturated heterocycles. The van der Waals surface area contributed by atoms with Gasteiger partial charge in [-0.2, -0.15) is 5.10 Å². The molecule has 0 aliphatic heterocycles. The van der Waals surface area contributed by atoms with Gasteiger partial charge in [0.2, 0.25) is 0 Å². The Morgan fingerprint density at radius 2 is 1.97 bits per heavy atom. The molecule has 1 amide bonds. The molecular formula is C19H10FN7O3S2. The minimum Gasteiger partial charge on any atom is -0.305 e. The number of carbonyl (C=O) groups excluding carboxylic acids is 1. The van der Waals surface area contributed by atoms with Crippen molar-refractivity contribution < 1.29 is 14.1 Å². The third kappa shape index (κ3) is 3.59. The summed E-state index contributed by atoms with van der Waals surface area (Å²) in [6.45, 7) is 0. The first-order chi connectivity index (χ1) is 15.5. The van der Waals surface area contributed by atoms with Gasteiger partial charge in [-0.25, -0.2) is 24.0 Å². The molecule has 1 N–H and O–H groups in total. The average Bonchev–Trinajstić information content (AvgIpc) is 3.54. The number of thiophene rings is 1. The number of nitrogens with one attached hydrogen (secondary N) is 1. The molecule has 0 aliphatic rings. The summed E-state index contributed by atoms with van der Waals surface area (Å²) in [4.78, 5) is 36.5. The Morgan fingerprint density at radius 3 is 2.66 bits per heavy atom. The molecule has 10 nitrogen and oxygen atoms in total. The number of benzene rings is 1. The van der Waals surface area contributed by atoms with Crippen LogP contribution in [0.5, 0.6) is 0 Å². The highest BCUT2D eigenvalue weighted by Gasteiger charge is 2.20. The van der Waals surface area contributed by atoms with Crippen LogP contribution in [0.1, 0.15) is 9.67 Å². The SMILES string of the molecule is O=C(Nc1nc(-c2cscn2)nc2c1cnn2-c1ccc(F)cc1)c1ccc([N+](=O)[O-])s1. The number of thiazole rings is 1. The van der Waals surface area contributed by atoms with Crippen LogP contribution in [0, 0.1) is 15.9 Å². The van der Waals surface area contributed by atoms with E-state index in [1.807, 2.05) is 0 Å². The predicted octanol–water partition coefficient (Wildman–Crippen LogP) is 4.30. The molecule has 0 atom stereocenters. The molecule has 0 aliphatic carbocycles. The van der Waals surface area contributed by atoms with E-state index < -0.39 is 10.8 Å². The Hall–Kier alpha value is -4.10. The summed E-state index contributed by atoms with van der Waals surface area (Å²) in [5.74, 6) is -0.509. The zero-order valence-corrected chi connectivity index (χ0v) is 17.4. The van der Waals surface area contributed by atoms with Gasteiger partial charge in [-0.15, -0.1) is 11.3 Å². The van der Waals surface area contributed by atoms with Gasteiger partial charge in [0.05, 0.1) is 32.6 Å². The maximum absolute atomic E-state index is 13.4. The van der Waals surface area contributed by atoms with E-state index in [0.29, 0.717) is 22.4 Å². The smallest absolute Gasteiger partial charge is 0.305 e. The Balaban J connectivity index is 1.61. The van der Waals surface area contributed by atoms with Gasteiger partial charge in [0.15, 0.2) is 11.5 Å². The van der Waals surface area contributed by atoms with E-state index in [1.54, 1.807) is 23.0 Å². The van der Waals surface area contributed by atoms with Crippen molar-refractivity contribution in [3.05, 3.63) is 74.3 Å². The van der Waals surface area contributed by atoms with Crippen LogP contribution >= 0.6 is 22.7 Å². The van der Waals surface area contributed by atoms with Crippen LogP contribution in [0.3, 0.4) is 0 Å². The predicted molar refractivity (Wildman–Crippen MR) is 117 cm³/mol. The normalized spacial score (nSPS) is 11.0. The lowest BCUT2D eigenvalue weighted by atomic mass is 10.3. The maximum Gasteiger partial charge on any atom is 0.324 e. The number of hydrogen-bond donors (Lipinski definition) is 1. The molecule has 0 unspecified atom stereocenters. The quantitative estimate of drug-likeness (QED) is 0.301. The van der Waals surface area contributed by atoms with Crippen molar-refractivity contribution in [3.63, 3.8) is 0 Å². The molecule has 1 aromatic carbocycles. The molecule has 32 heavy (non-hydrogen) atoms. The van der Waals surface area contributed by atoms with Gasteiger partial charge < -0.3 is 5.32 Å². The summed E-state index contributed by atoms with van der Waals surface area (Å²) >= 11 is 2.12. The second-order valence-electron chi connectivity index (χ2n) is 6.39. The fourth-order valence-electron chi connectivity index (χ4n) is 2.93. The topological polar surface area (TPSA) is 129 Å². The fourth-order valence-corrected chi connectivity index (χ4v) is 4.18. The number of amides is 1. The van der Waals surface area contributed by atoms with E-state index in [2.05, 4.69) is 25.4 Å². The van der Waals surface area contributed by atoms with Crippen LogP contribution in [0.2, 0.25) is 0 Å². The fraction of sp³-hybridized carbons (Fsp3) is 0. The summed E-state index contributed by atoms with van der Waals surface area (Å²) in [7, 11) is 0. The lowest BCUT2D eigenvalue weighted by Crippen LogP contribution is -2.12. The third-order valence-electron chi connectivity index (χ3n) is 4.39. The van der Waals surface area contributed by atoms with Crippen LogP contribution in [0.4, 0.5) is 15.2 Å². The highest BCUT2D eigenvalue weighted by Crippen LogP contribution is 2.29. The van der Waals surface area contributed by atoms with Gasteiger partial charge in [-0.1, -0.05) is 11.3 Å². The largest absolute Gasteiger partial charge is 0.324 e. The van der Waals surface area contributed by atoms with E-state index in [0.717, 1.165) is 11.3 Å². The first kappa shape index (κ1) is 19.8. The number of nitro groups is 1. The van der Waals surface area contributed by atoms with Crippen molar-refractivity contribution in [3.8, 4) is 17.2 Å². The first-order valence-electron chi connectivity index (χ1n) is 8.95. The van der Waals surface area contributed by atoms with E-state index in [4.69, 9.17) is 0 Å². The first-order valence-corrected chi connectivity index (χ1v) is 10.7. The van der Waals surface area contributed by atoms with Crippen LogP contribution < -0.4 is 5.32 Å². The van der Waals surface area contributed by atoms with Gasteiger partial charge in [-0.3, -0.25) is 14.9 Å². The maximum atomic E-state index is 13.4. The Bertz CT molecular complexity index is 1460. The molecule has 0 bridgehead atoms. The molecule has 0 fully saturated rings. The van der Waals surface area contributed by atoms with Crippen molar-refractivity contribution in [1.29, 1.82) is 0 Å². The zero-order valence-electron chi connectivity index (χ0n) is 15.8. The standard InChI is InChI=1S/C19H10FN7O3S2/c20-10-1-3-11(4-2-10)26-18-12(7-22-26)16(23-17(24-18)13-8-31-9-21-13)25-19(28)14-5-6-15(32-14)27(29)30/h1-9H,(H,23,24,25,28). The molecule has 0 saturated carbocycles.